The smallest absolute Gasteiger partial charge is 0.168 e. The molecule has 0 aliphatic heterocycles. The van der Waals surface area contributed by atoms with Crippen LogP contribution in [0.15, 0.2) is 42.6 Å². The second-order valence-electron chi connectivity index (χ2n) is 4.27. The van der Waals surface area contributed by atoms with Gasteiger partial charge in [-0.3, -0.25) is 4.98 Å². The molecule has 0 saturated heterocycles. The van der Waals surface area contributed by atoms with Gasteiger partial charge in [0.1, 0.15) is 11.6 Å². The molecule has 1 aromatic heterocycles. The molecule has 0 N–H and O–H groups in total. The number of hydrogen-bond donors (Lipinski definition) is 0. The summed E-state index contributed by atoms with van der Waals surface area (Å²) in [6.07, 6.45) is 1.49. The van der Waals surface area contributed by atoms with Gasteiger partial charge >= 0.3 is 0 Å². The number of halogens is 4. The third-order valence-corrected chi connectivity index (χ3v) is 3.35. The summed E-state index contributed by atoms with van der Waals surface area (Å²) < 4.78 is 32.1. The van der Waals surface area contributed by atoms with E-state index < -0.39 is 11.6 Å². The normalized spacial score (nSPS) is 10.9. The van der Waals surface area contributed by atoms with E-state index in [0.717, 1.165) is 12.1 Å². The van der Waals surface area contributed by atoms with E-state index in [1.807, 2.05) is 0 Å². The largest absolute Gasteiger partial charge is 0.453 e. The highest BCUT2D eigenvalue weighted by Gasteiger charge is 2.12. The van der Waals surface area contributed by atoms with Crippen LogP contribution in [0.3, 0.4) is 0 Å². The zero-order valence-corrected chi connectivity index (χ0v) is 11.9. The van der Waals surface area contributed by atoms with E-state index in [1.54, 1.807) is 18.2 Å². The average molecular weight is 326 g/mol. The molecule has 0 saturated carbocycles. The summed E-state index contributed by atoms with van der Waals surface area (Å²) in [5.41, 5.74) is 0.521. The summed E-state index contributed by atoms with van der Waals surface area (Å²) in [6.45, 7) is 0. The first-order valence-electron chi connectivity index (χ1n) is 5.91. The maximum Gasteiger partial charge on any atom is 0.168 e. The maximum absolute atomic E-state index is 13.7. The zero-order chi connectivity index (χ0) is 15.0. The molecule has 3 rings (SSSR count). The highest BCUT2D eigenvalue weighted by Crippen LogP contribution is 2.36. The van der Waals surface area contributed by atoms with E-state index in [0.29, 0.717) is 26.7 Å². The van der Waals surface area contributed by atoms with Crippen LogP contribution in [0, 0.1) is 11.6 Å². The van der Waals surface area contributed by atoms with Crippen molar-refractivity contribution in [1.82, 2.24) is 4.98 Å². The molecule has 0 fully saturated rings. The molecule has 0 atom stereocenters. The lowest BCUT2D eigenvalue weighted by atomic mass is 10.2. The minimum absolute atomic E-state index is 0.102. The number of hydrogen-bond acceptors (Lipinski definition) is 2. The molecule has 1 heterocycles. The number of nitrogens with zero attached hydrogens (tertiary/aromatic N) is 1. The second kappa shape index (κ2) is 5.47. The van der Waals surface area contributed by atoms with Crippen molar-refractivity contribution in [2.75, 3.05) is 0 Å². The monoisotopic (exact) mass is 325 g/mol. The van der Waals surface area contributed by atoms with Crippen molar-refractivity contribution in [3.63, 3.8) is 0 Å². The van der Waals surface area contributed by atoms with E-state index in [9.17, 15) is 8.78 Å². The van der Waals surface area contributed by atoms with Crippen LogP contribution in [-0.4, -0.2) is 4.98 Å². The maximum atomic E-state index is 13.7. The van der Waals surface area contributed by atoms with Gasteiger partial charge < -0.3 is 4.74 Å². The third kappa shape index (κ3) is 2.77. The molecule has 0 unspecified atom stereocenters. The van der Waals surface area contributed by atoms with E-state index in [1.165, 1.54) is 12.3 Å². The molecule has 106 valence electrons. The predicted molar refractivity (Wildman–Crippen MR) is 78.2 cm³/mol. The minimum Gasteiger partial charge on any atom is -0.453 e. The fraction of sp³-hybridized carbons (Fsp3) is 0. The molecule has 0 spiro atoms. The Morgan fingerprint density at radius 3 is 2.52 bits per heavy atom. The van der Waals surface area contributed by atoms with Crippen molar-refractivity contribution < 1.29 is 13.5 Å². The average Bonchev–Trinajstić information content (AvgIpc) is 2.41. The zero-order valence-electron chi connectivity index (χ0n) is 10.4. The Balaban J connectivity index is 2.12. The molecule has 2 aromatic carbocycles. The lowest BCUT2D eigenvalue weighted by molar-refractivity contribution is 0.441. The summed E-state index contributed by atoms with van der Waals surface area (Å²) in [5, 5.41) is 1.28. The van der Waals surface area contributed by atoms with Crippen LogP contribution in [0.4, 0.5) is 8.78 Å². The van der Waals surface area contributed by atoms with Crippen molar-refractivity contribution in [1.29, 1.82) is 0 Å². The molecule has 0 aliphatic carbocycles. The van der Waals surface area contributed by atoms with Crippen LogP contribution in [0.5, 0.6) is 11.5 Å². The van der Waals surface area contributed by atoms with Gasteiger partial charge in [0.15, 0.2) is 11.6 Å². The number of ether oxygens (including phenoxy) is 1. The van der Waals surface area contributed by atoms with Gasteiger partial charge in [-0.05, 0) is 30.3 Å². The van der Waals surface area contributed by atoms with Crippen LogP contribution < -0.4 is 4.74 Å². The quantitative estimate of drug-likeness (QED) is 0.610. The van der Waals surface area contributed by atoms with Crippen LogP contribution in [-0.2, 0) is 0 Å². The Hall–Kier alpha value is -1.91. The van der Waals surface area contributed by atoms with Gasteiger partial charge in [0.05, 0.1) is 15.9 Å². The van der Waals surface area contributed by atoms with Crippen molar-refractivity contribution in [2.24, 2.45) is 0 Å². The van der Waals surface area contributed by atoms with E-state index in [-0.39, 0.29) is 5.75 Å². The van der Waals surface area contributed by atoms with Crippen LogP contribution >= 0.6 is 23.2 Å². The first-order valence-corrected chi connectivity index (χ1v) is 6.67. The summed E-state index contributed by atoms with van der Waals surface area (Å²) in [6, 6.07) is 7.78. The van der Waals surface area contributed by atoms with Gasteiger partial charge in [0.25, 0.3) is 0 Å². The van der Waals surface area contributed by atoms with Crippen molar-refractivity contribution in [2.45, 2.75) is 0 Å². The number of benzene rings is 2. The standard InChI is InChI=1S/C15H7Cl2F2NO/c16-8-5-10(17)15-12(6-8)20-4-3-14(15)21-13-2-1-9(18)7-11(13)19/h1-7H. The van der Waals surface area contributed by atoms with Gasteiger partial charge in [-0.2, -0.15) is 0 Å². The fourth-order valence-electron chi connectivity index (χ4n) is 1.94. The Labute approximate surface area is 128 Å². The number of aromatic nitrogens is 1. The Morgan fingerprint density at radius 2 is 1.76 bits per heavy atom. The summed E-state index contributed by atoms with van der Waals surface area (Å²) >= 11 is 12.1. The Morgan fingerprint density at radius 1 is 0.952 bits per heavy atom. The van der Waals surface area contributed by atoms with Crippen LogP contribution in [0.1, 0.15) is 0 Å². The highest BCUT2D eigenvalue weighted by molar-refractivity contribution is 6.39. The van der Waals surface area contributed by atoms with Crippen molar-refractivity contribution in [3.05, 3.63) is 64.3 Å². The lowest BCUT2D eigenvalue weighted by Gasteiger charge is -2.10. The Bertz CT molecular complexity index is 839. The van der Waals surface area contributed by atoms with E-state index in [2.05, 4.69) is 4.98 Å². The minimum atomic E-state index is -0.801. The highest BCUT2D eigenvalue weighted by atomic mass is 35.5. The molecule has 3 aromatic rings. The van der Waals surface area contributed by atoms with Gasteiger partial charge in [-0.15, -0.1) is 0 Å². The molecule has 0 radical (unpaired) electrons. The topological polar surface area (TPSA) is 22.1 Å². The first kappa shape index (κ1) is 14.0. The van der Waals surface area contributed by atoms with Gasteiger partial charge in [0.2, 0.25) is 0 Å². The van der Waals surface area contributed by atoms with Crippen LogP contribution in [0.25, 0.3) is 10.9 Å². The third-order valence-electron chi connectivity index (χ3n) is 2.83. The molecule has 0 aliphatic rings. The summed E-state index contributed by atoms with van der Waals surface area (Å²) in [5.74, 6) is -1.27. The number of rotatable bonds is 2. The lowest BCUT2D eigenvalue weighted by Crippen LogP contribution is -1.92. The van der Waals surface area contributed by atoms with Gasteiger partial charge in [-0.1, -0.05) is 23.2 Å². The number of pyridine rings is 1. The second-order valence-corrected chi connectivity index (χ2v) is 5.11. The molecular formula is C15H7Cl2F2NO. The molecule has 2 nitrogen and oxygen atoms in total. The fourth-order valence-corrected chi connectivity index (χ4v) is 2.51. The predicted octanol–water partition coefficient (Wildman–Crippen LogP) is 5.61. The summed E-state index contributed by atoms with van der Waals surface area (Å²) in [7, 11) is 0. The molecular weight excluding hydrogens is 319 g/mol. The van der Waals surface area contributed by atoms with Crippen molar-refractivity contribution in [3.8, 4) is 11.5 Å². The van der Waals surface area contributed by atoms with Crippen molar-refractivity contribution >= 4 is 34.1 Å². The van der Waals surface area contributed by atoms with E-state index in [4.69, 9.17) is 27.9 Å². The number of fused-ring (bicyclic) bond motifs is 1. The molecule has 0 bridgehead atoms. The molecule has 6 heteroatoms. The Kier molecular flexibility index (Phi) is 3.66. The molecule has 0 amide bonds. The van der Waals surface area contributed by atoms with E-state index >= 15 is 0 Å². The van der Waals surface area contributed by atoms with Gasteiger partial charge in [0, 0.05) is 17.3 Å². The first-order chi connectivity index (χ1) is 10.0. The summed E-state index contributed by atoms with van der Waals surface area (Å²) in [4.78, 5) is 4.14. The van der Waals surface area contributed by atoms with Crippen LogP contribution in [0.2, 0.25) is 10.0 Å². The molecule has 21 heavy (non-hydrogen) atoms. The van der Waals surface area contributed by atoms with Gasteiger partial charge in [-0.25, -0.2) is 8.78 Å². The SMILES string of the molecule is Fc1ccc(Oc2ccnc3cc(Cl)cc(Cl)c23)c(F)c1.